The molecule has 2 N–H and O–H groups in total. The molecule has 2 aromatic heterocycles. The third kappa shape index (κ3) is 6.65. The maximum atomic E-state index is 12.8. The molecule has 29 heavy (non-hydrogen) atoms. The highest BCUT2D eigenvalue weighted by molar-refractivity contribution is 6.07. The van der Waals surface area contributed by atoms with Gasteiger partial charge in [0.2, 0.25) is 0 Å². The largest absolute Gasteiger partial charge is 0.383 e. The van der Waals surface area contributed by atoms with Crippen molar-refractivity contribution in [1.29, 1.82) is 0 Å². The Bertz CT molecular complexity index is 923. The minimum atomic E-state index is -0.105. The van der Waals surface area contributed by atoms with Crippen LogP contribution in [0.15, 0.2) is 48.8 Å². The summed E-state index contributed by atoms with van der Waals surface area (Å²) in [4.78, 5) is 21.7. The molecule has 3 rings (SSSR count). The number of fused-ring (bicyclic) bond motifs is 1. The van der Waals surface area contributed by atoms with Crippen molar-refractivity contribution < 1.29 is 9.53 Å². The Morgan fingerprint density at radius 1 is 1.10 bits per heavy atom. The highest BCUT2D eigenvalue weighted by Gasteiger charge is 2.14. The van der Waals surface area contributed by atoms with E-state index in [1.807, 2.05) is 43.3 Å². The smallest absolute Gasteiger partial charge is 0.252 e. The molecule has 6 nitrogen and oxygen atoms in total. The minimum absolute atomic E-state index is 0. The Morgan fingerprint density at radius 3 is 2.66 bits per heavy atom. The number of nitrogens with one attached hydrogen (secondary N) is 2. The van der Waals surface area contributed by atoms with Gasteiger partial charge < -0.3 is 15.4 Å². The number of pyridine rings is 2. The van der Waals surface area contributed by atoms with E-state index in [2.05, 4.69) is 15.6 Å². The standard InChI is InChI=1S/C21H24N4O2.2ClH/c1-15-5-6-19-17(12-15)18(21(26)24-9-8-22-10-11-27-2)13-20(25-19)16-4-3-7-23-14-16;;/h3-7,12-14,22H,8-11H2,1-2H3,(H,24,26);2*1H. The monoisotopic (exact) mass is 436 g/mol. The van der Waals surface area contributed by atoms with Gasteiger partial charge >= 0.3 is 0 Å². The van der Waals surface area contributed by atoms with Gasteiger partial charge in [-0.3, -0.25) is 9.78 Å². The van der Waals surface area contributed by atoms with Crippen LogP contribution < -0.4 is 10.6 Å². The first-order chi connectivity index (χ1) is 13.2. The molecule has 0 atom stereocenters. The van der Waals surface area contributed by atoms with Crippen LogP contribution in [0.1, 0.15) is 15.9 Å². The van der Waals surface area contributed by atoms with Crippen LogP contribution in [0.2, 0.25) is 0 Å². The predicted octanol–water partition coefficient (Wildman–Crippen LogP) is 3.41. The second kappa shape index (κ2) is 12.3. The number of aromatic nitrogens is 2. The first-order valence-corrected chi connectivity index (χ1v) is 8.98. The molecule has 0 radical (unpaired) electrons. The number of carbonyl (C=O) groups is 1. The normalized spacial score (nSPS) is 10.1. The highest BCUT2D eigenvalue weighted by Crippen LogP contribution is 2.25. The number of benzene rings is 1. The van der Waals surface area contributed by atoms with Crippen LogP contribution in [-0.4, -0.2) is 49.2 Å². The Kier molecular flexibility index (Phi) is 10.5. The summed E-state index contributed by atoms with van der Waals surface area (Å²) < 4.78 is 4.99. The van der Waals surface area contributed by atoms with Crippen LogP contribution in [0, 0.1) is 6.92 Å². The second-order valence-corrected chi connectivity index (χ2v) is 6.32. The van der Waals surface area contributed by atoms with Crippen molar-refractivity contribution in [3.05, 3.63) is 59.9 Å². The molecule has 0 saturated heterocycles. The number of rotatable bonds is 8. The van der Waals surface area contributed by atoms with E-state index in [1.165, 1.54) is 0 Å². The predicted molar refractivity (Wildman–Crippen MR) is 121 cm³/mol. The zero-order chi connectivity index (χ0) is 19.1. The van der Waals surface area contributed by atoms with Crippen LogP contribution in [0.3, 0.4) is 0 Å². The summed E-state index contributed by atoms with van der Waals surface area (Å²) in [7, 11) is 1.67. The summed E-state index contributed by atoms with van der Waals surface area (Å²) in [5.74, 6) is -0.105. The lowest BCUT2D eigenvalue weighted by Gasteiger charge is -2.11. The summed E-state index contributed by atoms with van der Waals surface area (Å²) >= 11 is 0. The molecule has 0 aliphatic rings. The van der Waals surface area contributed by atoms with E-state index in [-0.39, 0.29) is 30.7 Å². The van der Waals surface area contributed by atoms with E-state index in [4.69, 9.17) is 9.72 Å². The van der Waals surface area contributed by atoms with E-state index in [9.17, 15) is 4.79 Å². The van der Waals surface area contributed by atoms with Crippen LogP contribution in [0.5, 0.6) is 0 Å². The molecule has 0 spiro atoms. The lowest BCUT2D eigenvalue weighted by Crippen LogP contribution is -2.33. The minimum Gasteiger partial charge on any atom is -0.383 e. The molecule has 3 aromatic rings. The van der Waals surface area contributed by atoms with Crippen molar-refractivity contribution in [2.45, 2.75) is 6.92 Å². The number of methoxy groups -OCH3 is 1. The van der Waals surface area contributed by atoms with E-state index in [0.717, 1.165) is 34.3 Å². The number of nitrogens with zero attached hydrogens (tertiary/aromatic N) is 2. The Hall–Kier alpha value is -2.25. The first kappa shape index (κ1) is 24.8. The van der Waals surface area contributed by atoms with E-state index < -0.39 is 0 Å². The molecular weight excluding hydrogens is 411 g/mol. The fourth-order valence-corrected chi connectivity index (χ4v) is 2.85. The second-order valence-electron chi connectivity index (χ2n) is 6.32. The Labute approximate surface area is 183 Å². The van der Waals surface area contributed by atoms with Crippen LogP contribution in [0.25, 0.3) is 22.2 Å². The van der Waals surface area contributed by atoms with Crippen LogP contribution in [-0.2, 0) is 4.74 Å². The number of aryl methyl sites for hydroxylation is 1. The SMILES string of the molecule is COCCNCCNC(=O)c1cc(-c2cccnc2)nc2ccc(C)cc12.Cl.Cl. The van der Waals surface area contributed by atoms with Gasteiger partial charge in [-0.15, -0.1) is 24.8 Å². The van der Waals surface area contributed by atoms with E-state index >= 15 is 0 Å². The summed E-state index contributed by atoms with van der Waals surface area (Å²) in [6.07, 6.45) is 3.47. The fourth-order valence-electron chi connectivity index (χ4n) is 2.85. The summed E-state index contributed by atoms with van der Waals surface area (Å²) in [6, 6.07) is 11.6. The number of hydrogen-bond acceptors (Lipinski definition) is 5. The van der Waals surface area contributed by atoms with Crippen LogP contribution >= 0.6 is 24.8 Å². The lowest BCUT2D eigenvalue weighted by atomic mass is 10.0. The molecule has 0 aliphatic carbocycles. The molecule has 1 amide bonds. The van der Waals surface area contributed by atoms with Gasteiger partial charge in [-0.1, -0.05) is 11.6 Å². The zero-order valence-electron chi connectivity index (χ0n) is 16.5. The molecule has 0 bridgehead atoms. The van der Waals surface area contributed by atoms with Gasteiger partial charge in [0.05, 0.1) is 23.4 Å². The number of hydrogen-bond donors (Lipinski definition) is 2. The Balaban J connectivity index is 0.00000210. The van der Waals surface area contributed by atoms with Gasteiger partial charge in [0.25, 0.3) is 5.91 Å². The molecule has 0 fully saturated rings. The molecule has 0 aliphatic heterocycles. The van der Waals surface area contributed by atoms with Gasteiger partial charge in [-0.25, -0.2) is 4.98 Å². The molecule has 156 valence electrons. The fraction of sp³-hybridized carbons (Fsp3) is 0.286. The quantitative estimate of drug-likeness (QED) is 0.529. The maximum absolute atomic E-state index is 12.8. The Morgan fingerprint density at radius 2 is 1.93 bits per heavy atom. The number of amides is 1. The van der Waals surface area contributed by atoms with E-state index in [1.54, 1.807) is 19.5 Å². The van der Waals surface area contributed by atoms with E-state index in [0.29, 0.717) is 25.3 Å². The van der Waals surface area contributed by atoms with Crippen molar-refractivity contribution in [3.8, 4) is 11.3 Å². The van der Waals surface area contributed by atoms with Crippen LogP contribution in [0.4, 0.5) is 0 Å². The maximum Gasteiger partial charge on any atom is 0.252 e. The zero-order valence-corrected chi connectivity index (χ0v) is 18.1. The van der Waals surface area contributed by atoms with Gasteiger partial charge in [-0.05, 0) is 37.3 Å². The summed E-state index contributed by atoms with van der Waals surface area (Å²) in [5.41, 5.74) is 4.14. The van der Waals surface area contributed by atoms with Crippen molar-refractivity contribution in [1.82, 2.24) is 20.6 Å². The topological polar surface area (TPSA) is 76.1 Å². The number of carbonyl (C=O) groups excluding carboxylic acids is 1. The average Bonchev–Trinajstić information content (AvgIpc) is 2.70. The molecule has 0 saturated carbocycles. The van der Waals surface area contributed by atoms with Gasteiger partial charge in [0, 0.05) is 50.1 Å². The molecule has 8 heteroatoms. The van der Waals surface area contributed by atoms with Crippen molar-refractivity contribution >= 4 is 41.6 Å². The third-order valence-electron chi connectivity index (χ3n) is 4.24. The van der Waals surface area contributed by atoms with Gasteiger partial charge in [-0.2, -0.15) is 0 Å². The van der Waals surface area contributed by atoms with Crippen molar-refractivity contribution in [3.63, 3.8) is 0 Å². The molecular formula is C21H26Cl2N4O2. The highest BCUT2D eigenvalue weighted by atomic mass is 35.5. The molecule has 2 heterocycles. The average molecular weight is 437 g/mol. The third-order valence-corrected chi connectivity index (χ3v) is 4.24. The van der Waals surface area contributed by atoms with Gasteiger partial charge in [0.1, 0.15) is 0 Å². The summed E-state index contributed by atoms with van der Waals surface area (Å²) in [5, 5.41) is 7.05. The lowest BCUT2D eigenvalue weighted by molar-refractivity contribution is 0.0955. The summed E-state index contributed by atoms with van der Waals surface area (Å²) in [6.45, 7) is 4.65. The number of halogens is 2. The van der Waals surface area contributed by atoms with Gasteiger partial charge in [0.15, 0.2) is 0 Å². The first-order valence-electron chi connectivity index (χ1n) is 8.98. The molecule has 0 unspecified atom stereocenters. The van der Waals surface area contributed by atoms with Crippen molar-refractivity contribution in [2.75, 3.05) is 33.4 Å². The molecule has 1 aromatic carbocycles. The van der Waals surface area contributed by atoms with Crippen molar-refractivity contribution in [2.24, 2.45) is 0 Å². The number of ether oxygens (including phenoxy) is 1.